The van der Waals surface area contributed by atoms with Crippen LogP contribution in [-0.4, -0.2) is 14.1 Å². The van der Waals surface area contributed by atoms with Crippen LogP contribution in [0.1, 0.15) is 44.7 Å². The van der Waals surface area contributed by atoms with E-state index in [1.165, 1.54) is 12.0 Å². The van der Waals surface area contributed by atoms with Gasteiger partial charge in [-0.15, -0.1) is 0 Å². The van der Waals surface area contributed by atoms with E-state index >= 15 is 0 Å². The first-order chi connectivity index (χ1) is 15.5. The molecule has 1 aromatic carbocycles. The van der Waals surface area contributed by atoms with E-state index in [9.17, 15) is 9.59 Å². The van der Waals surface area contributed by atoms with Crippen molar-refractivity contribution in [2.75, 3.05) is 0 Å². The molecule has 1 fully saturated rings. The van der Waals surface area contributed by atoms with Gasteiger partial charge in [-0.3, -0.25) is 9.59 Å². The molecule has 0 bridgehead atoms. The topological polar surface area (TPSA) is 56.9 Å². The number of benzene rings is 1. The quantitative estimate of drug-likeness (QED) is 0.433. The van der Waals surface area contributed by atoms with E-state index in [0.717, 1.165) is 19.3 Å². The van der Waals surface area contributed by atoms with E-state index in [0.29, 0.717) is 40.2 Å². The molecule has 0 radical (unpaired) electrons. The summed E-state index contributed by atoms with van der Waals surface area (Å²) in [4.78, 5) is 31.3. The molecule has 3 aromatic heterocycles. The van der Waals surface area contributed by atoms with E-state index < -0.39 is 0 Å². The second-order valence-electron chi connectivity index (χ2n) is 9.27. The third kappa shape index (κ3) is 3.66. The number of rotatable bonds is 4. The van der Waals surface area contributed by atoms with Gasteiger partial charge in [-0.25, -0.2) is 4.98 Å². The summed E-state index contributed by atoms with van der Waals surface area (Å²) in [5.41, 5.74) is 2.34. The van der Waals surface area contributed by atoms with Gasteiger partial charge in [0.1, 0.15) is 0 Å². The molecule has 0 aliphatic heterocycles. The molecule has 3 heterocycles. The fraction of sp³-hybridized carbons (Fsp3) is 0.370. The molecule has 1 saturated carbocycles. The summed E-state index contributed by atoms with van der Waals surface area (Å²) < 4.78 is 3.60. The fourth-order valence-corrected chi connectivity index (χ4v) is 5.16. The van der Waals surface area contributed by atoms with Gasteiger partial charge in [0.05, 0.1) is 21.8 Å². The Morgan fingerprint density at radius 1 is 0.906 bits per heavy atom. The number of aromatic nitrogens is 3. The van der Waals surface area contributed by atoms with E-state index in [2.05, 4.69) is 31.0 Å². The molecule has 0 N–H and O–H groups in total. The molecule has 4 aromatic rings. The Hall–Kier alpha value is -3.21. The van der Waals surface area contributed by atoms with Crippen LogP contribution < -0.4 is 11.1 Å². The molecule has 32 heavy (non-hydrogen) atoms. The number of hydrogen-bond donors (Lipinski definition) is 0. The maximum Gasteiger partial charge on any atom is 0.260 e. The number of pyridine rings is 3. The van der Waals surface area contributed by atoms with Crippen LogP contribution in [0.25, 0.3) is 21.8 Å². The Balaban J connectivity index is 1.56. The van der Waals surface area contributed by atoms with E-state index in [1.54, 1.807) is 16.8 Å². The van der Waals surface area contributed by atoms with Crippen molar-refractivity contribution in [3.8, 4) is 0 Å². The molecular formula is C27H29N3O2. The molecule has 5 heteroatoms. The minimum Gasteiger partial charge on any atom is -0.315 e. The molecule has 3 atom stereocenters. The fourth-order valence-electron chi connectivity index (χ4n) is 5.16. The zero-order valence-electron chi connectivity index (χ0n) is 18.7. The van der Waals surface area contributed by atoms with Gasteiger partial charge in [-0.1, -0.05) is 57.0 Å². The highest BCUT2D eigenvalue weighted by Gasteiger charge is 2.29. The SMILES string of the molecule is C[C@@H]1[C@@H](C)CCC[C@@H]1n1ccc2nc3ccn(CCc4ccccc4)c(=O)c3cc2c1=O. The number of nitrogens with zero attached hydrogens (tertiary/aromatic N) is 3. The lowest BCUT2D eigenvalue weighted by atomic mass is 9.78. The Kier molecular flexibility index (Phi) is 5.41. The lowest BCUT2D eigenvalue weighted by Gasteiger charge is -2.35. The van der Waals surface area contributed by atoms with Gasteiger partial charge in [0, 0.05) is 25.0 Å². The molecule has 1 aliphatic carbocycles. The van der Waals surface area contributed by atoms with Crippen LogP contribution in [0.4, 0.5) is 0 Å². The molecule has 164 valence electrons. The summed E-state index contributed by atoms with van der Waals surface area (Å²) in [6, 6.07) is 15.9. The molecular weight excluding hydrogens is 398 g/mol. The van der Waals surface area contributed by atoms with Crippen LogP contribution >= 0.6 is 0 Å². The summed E-state index contributed by atoms with van der Waals surface area (Å²) in [5, 5.41) is 1.04. The monoisotopic (exact) mass is 427 g/mol. The maximum absolute atomic E-state index is 13.4. The maximum atomic E-state index is 13.4. The van der Waals surface area contributed by atoms with Crippen LogP contribution in [0.15, 0.2) is 70.5 Å². The van der Waals surface area contributed by atoms with Crippen LogP contribution in [0.3, 0.4) is 0 Å². The highest BCUT2D eigenvalue weighted by Crippen LogP contribution is 2.37. The average molecular weight is 428 g/mol. The normalized spacial score (nSPS) is 21.2. The minimum absolute atomic E-state index is 0.0399. The average Bonchev–Trinajstić information content (AvgIpc) is 2.81. The summed E-state index contributed by atoms with van der Waals surface area (Å²) >= 11 is 0. The minimum atomic E-state index is -0.0951. The van der Waals surface area contributed by atoms with Crippen molar-refractivity contribution in [2.24, 2.45) is 11.8 Å². The van der Waals surface area contributed by atoms with Crippen molar-refractivity contribution in [1.29, 1.82) is 0 Å². The van der Waals surface area contributed by atoms with Crippen molar-refractivity contribution in [3.05, 3.63) is 87.2 Å². The summed E-state index contributed by atoms with van der Waals surface area (Å²) in [5.74, 6) is 1.05. The van der Waals surface area contributed by atoms with Crippen LogP contribution in [0.2, 0.25) is 0 Å². The van der Waals surface area contributed by atoms with Gasteiger partial charge in [-0.05, 0) is 48.4 Å². The molecule has 1 aliphatic rings. The van der Waals surface area contributed by atoms with Crippen LogP contribution in [-0.2, 0) is 13.0 Å². The summed E-state index contributed by atoms with van der Waals surface area (Å²) in [6.07, 6.45) is 7.85. The smallest absolute Gasteiger partial charge is 0.260 e. The van der Waals surface area contributed by atoms with Crippen molar-refractivity contribution in [2.45, 2.75) is 52.1 Å². The first kappa shape index (κ1) is 20.7. The van der Waals surface area contributed by atoms with Gasteiger partial charge in [0.15, 0.2) is 0 Å². The number of aryl methyl sites for hydroxylation is 2. The van der Waals surface area contributed by atoms with Crippen molar-refractivity contribution < 1.29 is 0 Å². The Morgan fingerprint density at radius 2 is 1.62 bits per heavy atom. The molecule has 5 nitrogen and oxygen atoms in total. The number of hydrogen-bond acceptors (Lipinski definition) is 3. The van der Waals surface area contributed by atoms with Crippen LogP contribution in [0, 0.1) is 11.8 Å². The van der Waals surface area contributed by atoms with Gasteiger partial charge in [-0.2, -0.15) is 0 Å². The molecule has 0 saturated heterocycles. The number of fused-ring (bicyclic) bond motifs is 2. The predicted molar refractivity (Wildman–Crippen MR) is 129 cm³/mol. The molecule has 0 amide bonds. The first-order valence-electron chi connectivity index (χ1n) is 11.6. The van der Waals surface area contributed by atoms with Crippen molar-refractivity contribution >= 4 is 21.8 Å². The zero-order valence-corrected chi connectivity index (χ0v) is 18.7. The van der Waals surface area contributed by atoms with Gasteiger partial charge < -0.3 is 9.13 Å². The second kappa shape index (κ2) is 8.38. The second-order valence-corrected chi connectivity index (χ2v) is 9.27. The Bertz CT molecular complexity index is 1390. The highest BCUT2D eigenvalue weighted by atomic mass is 16.1. The lowest BCUT2D eigenvalue weighted by Crippen LogP contribution is -2.33. The summed E-state index contributed by atoms with van der Waals surface area (Å²) in [7, 11) is 0. The Morgan fingerprint density at radius 3 is 2.41 bits per heavy atom. The third-order valence-corrected chi connectivity index (χ3v) is 7.35. The van der Waals surface area contributed by atoms with Gasteiger partial charge in [0.2, 0.25) is 0 Å². The molecule has 5 rings (SSSR count). The lowest BCUT2D eigenvalue weighted by molar-refractivity contribution is 0.183. The van der Waals surface area contributed by atoms with E-state index in [4.69, 9.17) is 0 Å². The zero-order chi connectivity index (χ0) is 22.2. The summed E-state index contributed by atoms with van der Waals surface area (Å²) in [6.45, 7) is 5.11. The van der Waals surface area contributed by atoms with Crippen molar-refractivity contribution in [1.82, 2.24) is 14.1 Å². The van der Waals surface area contributed by atoms with Crippen molar-refractivity contribution in [3.63, 3.8) is 0 Å². The van der Waals surface area contributed by atoms with E-state index in [-0.39, 0.29) is 17.2 Å². The van der Waals surface area contributed by atoms with Gasteiger partial charge >= 0.3 is 0 Å². The predicted octanol–water partition coefficient (Wildman–Crippen LogP) is 4.95. The molecule has 0 spiro atoms. The third-order valence-electron chi connectivity index (χ3n) is 7.35. The van der Waals surface area contributed by atoms with Gasteiger partial charge in [0.25, 0.3) is 11.1 Å². The molecule has 0 unspecified atom stereocenters. The Labute approximate surface area is 187 Å². The largest absolute Gasteiger partial charge is 0.315 e. The van der Waals surface area contributed by atoms with Crippen LogP contribution in [0.5, 0.6) is 0 Å². The highest BCUT2D eigenvalue weighted by molar-refractivity contribution is 5.91. The standard InChI is InChI=1S/C27H29N3O2/c1-18-7-6-10-25(19(18)2)30-16-13-24-22(27(30)32)17-21-23(28-24)12-15-29(26(21)31)14-11-20-8-4-3-5-9-20/h3-5,8-9,12-13,15-19,25H,6-7,10-11,14H2,1-2H3/t18-,19+,25-/m0/s1. The first-order valence-corrected chi connectivity index (χ1v) is 11.6. The van der Waals surface area contributed by atoms with E-state index in [1.807, 2.05) is 41.1 Å².